The molecule has 1 amide bonds. The third-order valence-electron chi connectivity index (χ3n) is 2.92. The summed E-state index contributed by atoms with van der Waals surface area (Å²) in [6.07, 6.45) is 0. The second-order valence-electron chi connectivity index (χ2n) is 4.79. The topological polar surface area (TPSA) is 92.5 Å². The normalized spacial score (nSPS) is 10.2. The fourth-order valence-corrected chi connectivity index (χ4v) is 2.04. The number of nitro benzene ring substituents is 1. The molecule has 0 fully saturated rings. The summed E-state index contributed by atoms with van der Waals surface area (Å²) in [5.74, 6) is -0.657. The molecule has 0 saturated heterocycles. The Labute approximate surface area is 121 Å². The molecular weight excluding hydrogens is 272 g/mol. The number of rotatable bonds is 3. The Morgan fingerprint density at radius 3 is 2.33 bits per heavy atom. The summed E-state index contributed by atoms with van der Waals surface area (Å²) < 4.78 is 0. The van der Waals surface area contributed by atoms with Crippen molar-refractivity contribution in [2.24, 2.45) is 0 Å². The summed E-state index contributed by atoms with van der Waals surface area (Å²) in [6.45, 7) is 3.74. The number of carbonyl (C=O) groups excluding carboxylic acids is 1. The number of aromatic hydroxyl groups is 1. The molecule has 0 aliphatic carbocycles. The average Bonchev–Trinajstić information content (AvgIpc) is 2.39. The molecule has 0 aliphatic heterocycles. The van der Waals surface area contributed by atoms with E-state index in [4.69, 9.17) is 0 Å². The van der Waals surface area contributed by atoms with Crippen molar-refractivity contribution in [2.45, 2.75) is 13.8 Å². The first-order valence-corrected chi connectivity index (χ1v) is 6.24. The smallest absolute Gasteiger partial charge is 0.271 e. The maximum absolute atomic E-state index is 12.2. The Hall–Kier alpha value is -2.89. The molecule has 0 heterocycles. The van der Waals surface area contributed by atoms with Crippen LogP contribution in [0.3, 0.4) is 0 Å². The van der Waals surface area contributed by atoms with Gasteiger partial charge in [-0.2, -0.15) is 0 Å². The second-order valence-corrected chi connectivity index (χ2v) is 4.79. The zero-order valence-corrected chi connectivity index (χ0v) is 11.6. The summed E-state index contributed by atoms with van der Waals surface area (Å²) in [7, 11) is 0. The van der Waals surface area contributed by atoms with Gasteiger partial charge >= 0.3 is 0 Å². The van der Waals surface area contributed by atoms with Gasteiger partial charge < -0.3 is 10.4 Å². The van der Waals surface area contributed by atoms with Crippen LogP contribution in [0.4, 0.5) is 11.4 Å². The number of nitrogens with zero attached hydrogens (tertiary/aromatic N) is 1. The highest BCUT2D eigenvalue weighted by molar-refractivity contribution is 6.05. The van der Waals surface area contributed by atoms with E-state index in [-0.39, 0.29) is 17.1 Å². The monoisotopic (exact) mass is 286 g/mol. The lowest BCUT2D eigenvalue weighted by Crippen LogP contribution is -2.12. The Kier molecular flexibility index (Phi) is 3.89. The lowest BCUT2D eigenvalue weighted by Gasteiger charge is -2.08. The number of phenols is 1. The number of nitrogens with one attached hydrogen (secondary N) is 1. The van der Waals surface area contributed by atoms with Crippen molar-refractivity contribution in [2.75, 3.05) is 5.32 Å². The van der Waals surface area contributed by atoms with E-state index in [1.165, 1.54) is 12.1 Å². The van der Waals surface area contributed by atoms with Crippen molar-refractivity contribution in [3.05, 3.63) is 63.2 Å². The first-order chi connectivity index (χ1) is 9.86. The van der Waals surface area contributed by atoms with E-state index in [1.54, 1.807) is 12.1 Å². The number of hydrogen-bond donors (Lipinski definition) is 2. The molecule has 6 heteroatoms. The molecule has 6 nitrogen and oxygen atoms in total. The highest BCUT2D eigenvalue weighted by Crippen LogP contribution is 2.28. The molecule has 0 aliphatic rings. The molecule has 108 valence electrons. The van der Waals surface area contributed by atoms with Crippen LogP contribution in [0.1, 0.15) is 21.5 Å². The zero-order valence-electron chi connectivity index (χ0n) is 11.6. The molecule has 0 radical (unpaired) electrons. The highest BCUT2D eigenvalue weighted by atomic mass is 16.6. The molecule has 0 spiro atoms. The van der Waals surface area contributed by atoms with E-state index in [0.717, 1.165) is 17.2 Å². The van der Waals surface area contributed by atoms with Crippen LogP contribution in [0, 0.1) is 24.0 Å². The Morgan fingerprint density at radius 1 is 1.14 bits per heavy atom. The van der Waals surface area contributed by atoms with E-state index in [0.29, 0.717) is 5.56 Å². The van der Waals surface area contributed by atoms with Crippen molar-refractivity contribution >= 4 is 17.3 Å². The molecule has 2 rings (SSSR count). The standard InChI is InChI=1S/C15H14N2O4/c1-9-5-10(2)7-11(6-9)15(19)16-13-8-12(17(20)21)3-4-14(13)18/h3-8,18H,1-2H3,(H,16,19). The molecule has 2 aromatic rings. The minimum absolute atomic E-state index is 0.00774. The Morgan fingerprint density at radius 2 is 1.76 bits per heavy atom. The van der Waals surface area contributed by atoms with Crippen LogP contribution in [0.5, 0.6) is 5.75 Å². The highest BCUT2D eigenvalue weighted by Gasteiger charge is 2.14. The summed E-state index contributed by atoms with van der Waals surface area (Å²) in [5, 5.41) is 22.9. The van der Waals surface area contributed by atoms with Gasteiger partial charge in [0, 0.05) is 17.7 Å². The van der Waals surface area contributed by atoms with Gasteiger partial charge in [0.15, 0.2) is 0 Å². The number of non-ortho nitro benzene ring substituents is 1. The van der Waals surface area contributed by atoms with E-state index < -0.39 is 10.8 Å². The number of hydrogen-bond acceptors (Lipinski definition) is 4. The van der Waals surface area contributed by atoms with Crippen LogP contribution >= 0.6 is 0 Å². The molecule has 0 bridgehead atoms. The van der Waals surface area contributed by atoms with Gasteiger partial charge in [0.25, 0.3) is 11.6 Å². The largest absolute Gasteiger partial charge is 0.506 e. The first kappa shape index (κ1) is 14.5. The van der Waals surface area contributed by atoms with Crippen LogP contribution < -0.4 is 5.32 Å². The number of phenolic OH excluding ortho intramolecular Hbond substituents is 1. The van der Waals surface area contributed by atoms with Gasteiger partial charge in [-0.05, 0) is 32.0 Å². The summed E-state index contributed by atoms with van der Waals surface area (Å²) in [4.78, 5) is 22.3. The average molecular weight is 286 g/mol. The number of nitro groups is 1. The van der Waals surface area contributed by atoms with Crippen LogP contribution in [-0.2, 0) is 0 Å². The van der Waals surface area contributed by atoms with Crippen molar-refractivity contribution in [1.29, 1.82) is 0 Å². The molecule has 0 saturated carbocycles. The van der Waals surface area contributed by atoms with E-state index in [1.807, 2.05) is 19.9 Å². The molecule has 0 unspecified atom stereocenters. The number of amides is 1. The third-order valence-corrected chi connectivity index (χ3v) is 2.92. The lowest BCUT2D eigenvalue weighted by atomic mass is 10.1. The van der Waals surface area contributed by atoms with Gasteiger partial charge in [-0.3, -0.25) is 14.9 Å². The van der Waals surface area contributed by atoms with Gasteiger partial charge in [0.1, 0.15) is 5.75 Å². The van der Waals surface area contributed by atoms with Crippen molar-refractivity contribution in [3.63, 3.8) is 0 Å². The number of benzene rings is 2. The summed E-state index contributed by atoms with van der Waals surface area (Å²) >= 11 is 0. The lowest BCUT2D eigenvalue weighted by molar-refractivity contribution is -0.384. The van der Waals surface area contributed by atoms with Crippen LogP contribution in [-0.4, -0.2) is 15.9 Å². The van der Waals surface area contributed by atoms with Crippen LogP contribution in [0.2, 0.25) is 0 Å². The molecular formula is C15H14N2O4. The summed E-state index contributed by atoms with van der Waals surface area (Å²) in [6, 6.07) is 8.81. The third kappa shape index (κ3) is 3.36. The predicted molar refractivity (Wildman–Crippen MR) is 78.6 cm³/mol. The maximum Gasteiger partial charge on any atom is 0.271 e. The first-order valence-electron chi connectivity index (χ1n) is 6.24. The Bertz CT molecular complexity index is 705. The van der Waals surface area contributed by atoms with E-state index >= 15 is 0 Å². The van der Waals surface area contributed by atoms with Crippen molar-refractivity contribution in [1.82, 2.24) is 0 Å². The van der Waals surface area contributed by atoms with Crippen molar-refractivity contribution < 1.29 is 14.8 Å². The van der Waals surface area contributed by atoms with E-state index in [9.17, 15) is 20.0 Å². The second kappa shape index (κ2) is 5.62. The van der Waals surface area contributed by atoms with Gasteiger partial charge in [-0.1, -0.05) is 17.2 Å². The number of anilines is 1. The molecule has 0 atom stereocenters. The van der Waals surface area contributed by atoms with Gasteiger partial charge in [0.2, 0.25) is 0 Å². The summed E-state index contributed by atoms with van der Waals surface area (Å²) in [5.41, 5.74) is 2.10. The molecule has 21 heavy (non-hydrogen) atoms. The fourth-order valence-electron chi connectivity index (χ4n) is 2.04. The fraction of sp³-hybridized carbons (Fsp3) is 0.133. The van der Waals surface area contributed by atoms with Gasteiger partial charge in [-0.15, -0.1) is 0 Å². The minimum atomic E-state index is -0.591. The van der Waals surface area contributed by atoms with Crippen LogP contribution in [0.15, 0.2) is 36.4 Å². The van der Waals surface area contributed by atoms with Crippen molar-refractivity contribution in [3.8, 4) is 5.75 Å². The quantitative estimate of drug-likeness (QED) is 0.515. The number of carbonyl (C=O) groups is 1. The van der Waals surface area contributed by atoms with Gasteiger partial charge in [0.05, 0.1) is 10.6 Å². The van der Waals surface area contributed by atoms with Crippen LogP contribution in [0.25, 0.3) is 0 Å². The Balaban J connectivity index is 2.31. The maximum atomic E-state index is 12.2. The predicted octanol–water partition coefficient (Wildman–Crippen LogP) is 3.17. The van der Waals surface area contributed by atoms with Gasteiger partial charge in [-0.25, -0.2) is 0 Å². The zero-order chi connectivity index (χ0) is 15.6. The van der Waals surface area contributed by atoms with E-state index in [2.05, 4.69) is 5.32 Å². The number of aryl methyl sites for hydroxylation is 2. The molecule has 0 aromatic heterocycles. The molecule has 2 aromatic carbocycles. The SMILES string of the molecule is Cc1cc(C)cc(C(=O)Nc2cc([N+](=O)[O-])ccc2O)c1. The minimum Gasteiger partial charge on any atom is -0.506 e. The molecule has 2 N–H and O–H groups in total.